The highest BCUT2D eigenvalue weighted by Crippen LogP contribution is 2.03. The van der Waals surface area contributed by atoms with Crippen LogP contribution in [-0.2, 0) is 9.59 Å². The molecule has 16 heavy (non-hydrogen) atoms. The summed E-state index contributed by atoms with van der Waals surface area (Å²) in [7, 11) is 0. The van der Waals surface area contributed by atoms with Crippen LogP contribution in [0.3, 0.4) is 0 Å². The summed E-state index contributed by atoms with van der Waals surface area (Å²) in [5.74, 6) is -0.505. The molecule has 2 amide bonds. The Morgan fingerprint density at radius 3 is 2.12 bits per heavy atom. The van der Waals surface area contributed by atoms with Gasteiger partial charge in [-0.15, -0.1) is 0 Å². The lowest BCUT2D eigenvalue weighted by Crippen LogP contribution is -2.51. The molecule has 0 aromatic rings. The molecule has 0 spiro atoms. The fourth-order valence-corrected chi connectivity index (χ4v) is 1.17. The van der Waals surface area contributed by atoms with Gasteiger partial charge in [-0.05, 0) is 19.8 Å². The topological polar surface area (TPSA) is 78.4 Å². The molecule has 0 aliphatic carbocycles. The Balaban J connectivity index is 4.34. The van der Waals surface area contributed by atoms with Crippen LogP contribution < -0.4 is 10.6 Å². The van der Waals surface area contributed by atoms with E-state index >= 15 is 0 Å². The van der Waals surface area contributed by atoms with Crippen LogP contribution in [-0.4, -0.2) is 35.1 Å². The number of aliphatic hydroxyl groups is 1. The van der Waals surface area contributed by atoms with Crippen molar-refractivity contribution in [2.45, 2.75) is 46.3 Å². The summed E-state index contributed by atoms with van der Waals surface area (Å²) in [6.07, 6.45) is 0. The van der Waals surface area contributed by atoms with Crippen molar-refractivity contribution >= 4 is 11.8 Å². The van der Waals surface area contributed by atoms with Crippen LogP contribution in [0.15, 0.2) is 0 Å². The summed E-state index contributed by atoms with van der Waals surface area (Å²) in [6.45, 7) is 8.45. The van der Waals surface area contributed by atoms with Crippen LogP contribution in [0.1, 0.15) is 34.6 Å². The third kappa shape index (κ3) is 6.40. The number of hydrogen-bond acceptors (Lipinski definition) is 3. The average Bonchev–Trinajstić information content (AvgIpc) is 2.08. The first-order chi connectivity index (χ1) is 7.13. The van der Waals surface area contributed by atoms with Gasteiger partial charge in [0.25, 0.3) is 0 Å². The Morgan fingerprint density at radius 1 is 1.31 bits per heavy atom. The van der Waals surface area contributed by atoms with Gasteiger partial charge in [0.2, 0.25) is 11.8 Å². The highest BCUT2D eigenvalue weighted by Gasteiger charge is 2.24. The Morgan fingerprint density at radius 2 is 1.81 bits per heavy atom. The van der Waals surface area contributed by atoms with E-state index in [2.05, 4.69) is 10.6 Å². The highest BCUT2D eigenvalue weighted by molar-refractivity contribution is 5.87. The van der Waals surface area contributed by atoms with E-state index in [1.807, 2.05) is 13.8 Å². The maximum absolute atomic E-state index is 11.7. The largest absolute Gasteiger partial charge is 0.389 e. The smallest absolute Gasteiger partial charge is 0.242 e. The van der Waals surface area contributed by atoms with E-state index in [-0.39, 0.29) is 24.3 Å². The van der Waals surface area contributed by atoms with Crippen LogP contribution in [0.4, 0.5) is 0 Å². The third-order valence-electron chi connectivity index (χ3n) is 2.00. The lowest BCUT2D eigenvalue weighted by Gasteiger charge is -2.24. The molecule has 0 fully saturated rings. The normalized spacial score (nSPS) is 13.4. The Labute approximate surface area is 96.6 Å². The predicted octanol–water partition coefficient (Wildman–Crippen LogP) is 0.0342. The molecular formula is C11H22N2O3. The number of rotatable bonds is 5. The van der Waals surface area contributed by atoms with E-state index in [1.165, 1.54) is 6.92 Å². The minimum atomic E-state index is -0.951. The molecular weight excluding hydrogens is 208 g/mol. The first-order valence-electron chi connectivity index (χ1n) is 5.40. The summed E-state index contributed by atoms with van der Waals surface area (Å²) >= 11 is 0. The second-order valence-corrected chi connectivity index (χ2v) is 4.95. The van der Waals surface area contributed by atoms with E-state index in [0.717, 1.165) is 0 Å². The highest BCUT2D eigenvalue weighted by atomic mass is 16.3. The maximum Gasteiger partial charge on any atom is 0.242 e. The van der Waals surface area contributed by atoms with Gasteiger partial charge in [-0.2, -0.15) is 0 Å². The van der Waals surface area contributed by atoms with Gasteiger partial charge in [-0.1, -0.05) is 13.8 Å². The number of hydrogen-bond donors (Lipinski definition) is 3. The Hall–Kier alpha value is -1.10. The average molecular weight is 230 g/mol. The molecule has 0 aromatic heterocycles. The van der Waals surface area contributed by atoms with Crippen molar-refractivity contribution in [3.63, 3.8) is 0 Å². The summed E-state index contributed by atoms with van der Waals surface area (Å²) in [5, 5.41) is 14.7. The van der Waals surface area contributed by atoms with Gasteiger partial charge in [0.1, 0.15) is 6.04 Å². The minimum absolute atomic E-state index is 0.00528. The van der Waals surface area contributed by atoms with Crippen molar-refractivity contribution < 1.29 is 14.7 Å². The van der Waals surface area contributed by atoms with Gasteiger partial charge in [-0.3, -0.25) is 9.59 Å². The van der Waals surface area contributed by atoms with Crippen molar-refractivity contribution in [3.05, 3.63) is 0 Å². The van der Waals surface area contributed by atoms with Crippen LogP contribution in [0.5, 0.6) is 0 Å². The lowest BCUT2D eigenvalue weighted by molar-refractivity contribution is -0.129. The molecule has 5 nitrogen and oxygen atoms in total. The quantitative estimate of drug-likeness (QED) is 0.623. The first kappa shape index (κ1) is 14.9. The van der Waals surface area contributed by atoms with E-state index in [4.69, 9.17) is 0 Å². The van der Waals surface area contributed by atoms with Gasteiger partial charge >= 0.3 is 0 Å². The number of amides is 2. The molecule has 0 heterocycles. The van der Waals surface area contributed by atoms with Crippen LogP contribution in [0.25, 0.3) is 0 Å². The molecule has 1 unspecified atom stereocenters. The fraction of sp³-hybridized carbons (Fsp3) is 0.818. The van der Waals surface area contributed by atoms with E-state index < -0.39 is 11.6 Å². The van der Waals surface area contributed by atoms with E-state index in [0.29, 0.717) is 0 Å². The molecule has 0 aromatic carbocycles. The molecule has 3 N–H and O–H groups in total. The van der Waals surface area contributed by atoms with E-state index in [1.54, 1.807) is 13.8 Å². The van der Waals surface area contributed by atoms with Gasteiger partial charge in [-0.25, -0.2) is 0 Å². The molecule has 94 valence electrons. The van der Waals surface area contributed by atoms with Crippen LogP contribution in [0, 0.1) is 5.92 Å². The monoisotopic (exact) mass is 230 g/mol. The lowest BCUT2D eigenvalue weighted by atomic mass is 10.0. The second-order valence-electron chi connectivity index (χ2n) is 4.95. The van der Waals surface area contributed by atoms with Crippen molar-refractivity contribution in [2.75, 3.05) is 6.54 Å². The minimum Gasteiger partial charge on any atom is -0.389 e. The Kier molecular flexibility index (Phi) is 5.44. The summed E-state index contributed by atoms with van der Waals surface area (Å²) in [5.41, 5.74) is -0.951. The molecule has 0 bridgehead atoms. The molecule has 0 aliphatic heterocycles. The van der Waals surface area contributed by atoms with Crippen molar-refractivity contribution in [1.82, 2.24) is 10.6 Å². The SMILES string of the molecule is CC(=O)NC(C(=O)NCC(C)(C)O)C(C)C. The molecule has 0 radical (unpaired) electrons. The molecule has 0 saturated heterocycles. The zero-order valence-corrected chi connectivity index (χ0v) is 10.6. The maximum atomic E-state index is 11.7. The zero-order chi connectivity index (χ0) is 12.9. The summed E-state index contributed by atoms with van der Waals surface area (Å²) in [4.78, 5) is 22.7. The predicted molar refractivity (Wildman–Crippen MR) is 61.8 cm³/mol. The number of carbonyl (C=O) groups excluding carboxylic acids is 2. The standard InChI is InChI=1S/C11H22N2O3/c1-7(2)9(13-8(3)14)10(15)12-6-11(4,5)16/h7,9,16H,6H2,1-5H3,(H,12,15)(H,13,14). The third-order valence-corrected chi connectivity index (χ3v) is 2.00. The second kappa shape index (κ2) is 5.84. The van der Waals surface area contributed by atoms with Crippen molar-refractivity contribution in [1.29, 1.82) is 0 Å². The van der Waals surface area contributed by atoms with Gasteiger partial charge in [0.15, 0.2) is 0 Å². The molecule has 0 rings (SSSR count). The molecule has 5 heteroatoms. The van der Waals surface area contributed by atoms with Gasteiger partial charge in [0, 0.05) is 13.5 Å². The number of nitrogens with one attached hydrogen (secondary N) is 2. The molecule has 1 atom stereocenters. The van der Waals surface area contributed by atoms with Gasteiger partial charge < -0.3 is 15.7 Å². The summed E-state index contributed by atoms with van der Waals surface area (Å²) in [6, 6.07) is -0.556. The molecule has 0 aliphatic rings. The van der Waals surface area contributed by atoms with Crippen molar-refractivity contribution in [2.24, 2.45) is 5.92 Å². The van der Waals surface area contributed by atoms with E-state index in [9.17, 15) is 14.7 Å². The number of carbonyl (C=O) groups is 2. The van der Waals surface area contributed by atoms with Crippen LogP contribution >= 0.6 is 0 Å². The van der Waals surface area contributed by atoms with Crippen molar-refractivity contribution in [3.8, 4) is 0 Å². The van der Waals surface area contributed by atoms with Crippen LogP contribution in [0.2, 0.25) is 0 Å². The Bertz CT molecular complexity index is 256. The van der Waals surface area contributed by atoms with Gasteiger partial charge in [0.05, 0.1) is 5.60 Å². The summed E-state index contributed by atoms with van der Waals surface area (Å²) < 4.78 is 0. The zero-order valence-electron chi connectivity index (χ0n) is 10.6. The molecule has 0 saturated carbocycles. The fourth-order valence-electron chi connectivity index (χ4n) is 1.17. The first-order valence-corrected chi connectivity index (χ1v) is 5.40.